The Bertz CT molecular complexity index is 323. The van der Waals surface area contributed by atoms with Crippen molar-refractivity contribution in [2.24, 2.45) is 0 Å². The molecule has 1 aliphatic carbocycles. The molecule has 0 unspecified atom stereocenters. The van der Waals surface area contributed by atoms with E-state index in [0.29, 0.717) is 0 Å². The Labute approximate surface area is 88.2 Å². The van der Waals surface area contributed by atoms with Crippen LogP contribution in [0.1, 0.15) is 26.2 Å². The molecule has 0 aromatic carbocycles. The molecule has 1 N–H and O–H groups in total. The Morgan fingerprint density at radius 1 is 1.47 bits per heavy atom. The van der Waals surface area contributed by atoms with Crippen LogP contribution < -0.4 is 0 Å². The van der Waals surface area contributed by atoms with Crippen molar-refractivity contribution >= 4 is 11.9 Å². The minimum absolute atomic E-state index is 0.00668. The van der Waals surface area contributed by atoms with E-state index >= 15 is 0 Å². The predicted molar refractivity (Wildman–Crippen MR) is 54.3 cm³/mol. The van der Waals surface area contributed by atoms with Crippen LogP contribution in [0.4, 0.5) is 0 Å². The van der Waals surface area contributed by atoms with E-state index in [1.54, 1.807) is 0 Å². The van der Waals surface area contributed by atoms with E-state index in [2.05, 4.69) is 6.58 Å². The number of hydrogen-bond donors (Lipinski definition) is 1. The SMILES string of the molecule is C=C(C=C(C)C(=O)O)C(=O)OC1CCC1. The maximum absolute atomic E-state index is 11.3. The number of hydrogen-bond acceptors (Lipinski definition) is 3. The summed E-state index contributed by atoms with van der Waals surface area (Å²) in [5, 5.41) is 8.59. The van der Waals surface area contributed by atoms with Crippen LogP contribution in [0.15, 0.2) is 23.8 Å². The number of carbonyl (C=O) groups is 2. The van der Waals surface area contributed by atoms with Crippen molar-refractivity contribution in [1.29, 1.82) is 0 Å². The highest BCUT2D eigenvalue weighted by Crippen LogP contribution is 2.22. The van der Waals surface area contributed by atoms with E-state index in [1.807, 2.05) is 0 Å². The molecule has 0 aromatic rings. The van der Waals surface area contributed by atoms with Crippen molar-refractivity contribution < 1.29 is 19.4 Å². The van der Waals surface area contributed by atoms with Gasteiger partial charge in [-0.1, -0.05) is 6.58 Å². The second-order valence-corrected chi connectivity index (χ2v) is 3.62. The minimum atomic E-state index is -1.06. The molecule has 1 fully saturated rings. The minimum Gasteiger partial charge on any atom is -0.478 e. The second-order valence-electron chi connectivity index (χ2n) is 3.62. The van der Waals surface area contributed by atoms with Crippen LogP contribution in [0.2, 0.25) is 0 Å². The Kier molecular flexibility index (Phi) is 3.66. The highest BCUT2D eigenvalue weighted by atomic mass is 16.5. The fourth-order valence-corrected chi connectivity index (χ4v) is 1.10. The van der Waals surface area contributed by atoms with Gasteiger partial charge in [0, 0.05) is 5.57 Å². The molecule has 4 nitrogen and oxygen atoms in total. The van der Waals surface area contributed by atoms with Gasteiger partial charge in [-0.15, -0.1) is 0 Å². The molecule has 0 atom stereocenters. The smallest absolute Gasteiger partial charge is 0.337 e. The Balaban J connectivity index is 2.48. The molecule has 0 radical (unpaired) electrons. The Morgan fingerprint density at radius 2 is 2.07 bits per heavy atom. The van der Waals surface area contributed by atoms with E-state index in [1.165, 1.54) is 13.0 Å². The van der Waals surface area contributed by atoms with E-state index < -0.39 is 11.9 Å². The standard InChI is InChI=1S/C11H14O4/c1-7(10(12)13)6-8(2)11(14)15-9-4-3-5-9/h6,9H,2-5H2,1H3,(H,12,13). The van der Waals surface area contributed by atoms with Crippen LogP contribution in [0.3, 0.4) is 0 Å². The number of carboxylic acids is 1. The van der Waals surface area contributed by atoms with Gasteiger partial charge in [-0.25, -0.2) is 9.59 Å². The maximum atomic E-state index is 11.3. The van der Waals surface area contributed by atoms with Crippen LogP contribution in [0, 0.1) is 0 Å². The first-order valence-corrected chi connectivity index (χ1v) is 4.82. The number of carbonyl (C=O) groups excluding carboxylic acids is 1. The molecule has 1 saturated carbocycles. The molecule has 4 heteroatoms. The highest BCUT2D eigenvalue weighted by molar-refractivity contribution is 5.95. The predicted octanol–water partition coefficient (Wildman–Crippen LogP) is 1.67. The van der Waals surface area contributed by atoms with Gasteiger partial charge in [0.1, 0.15) is 6.10 Å². The maximum Gasteiger partial charge on any atom is 0.337 e. The lowest BCUT2D eigenvalue weighted by molar-refractivity contribution is -0.147. The van der Waals surface area contributed by atoms with Gasteiger partial charge in [0.25, 0.3) is 0 Å². The number of esters is 1. The lowest BCUT2D eigenvalue weighted by atomic mass is 9.96. The lowest BCUT2D eigenvalue weighted by Gasteiger charge is -2.25. The zero-order valence-electron chi connectivity index (χ0n) is 8.66. The molecule has 1 aliphatic rings. The van der Waals surface area contributed by atoms with Crippen molar-refractivity contribution in [1.82, 2.24) is 0 Å². The molecule has 0 saturated heterocycles. The van der Waals surface area contributed by atoms with Gasteiger partial charge in [-0.2, -0.15) is 0 Å². The lowest BCUT2D eigenvalue weighted by Crippen LogP contribution is -2.25. The first-order chi connectivity index (χ1) is 7.00. The molecular formula is C11H14O4. The van der Waals surface area contributed by atoms with E-state index in [9.17, 15) is 9.59 Å². The molecule has 0 aromatic heterocycles. The fraction of sp³-hybridized carbons (Fsp3) is 0.455. The molecule has 0 spiro atoms. The van der Waals surface area contributed by atoms with Gasteiger partial charge >= 0.3 is 11.9 Å². The number of carboxylic acid groups (broad SMARTS) is 1. The number of aliphatic carboxylic acids is 1. The summed E-state index contributed by atoms with van der Waals surface area (Å²) in [6.45, 7) is 4.88. The molecule has 0 aliphatic heterocycles. The first kappa shape index (κ1) is 11.5. The number of ether oxygens (including phenoxy) is 1. The molecule has 15 heavy (non-hydrogen) atoms. The molecule has 82 valence electrons. The van der Waals surface area contributed by atoms with Crippen LogP contribution in [-0.4, -0.2) is 23.1 Å². The molecule has 0 bridgehead atoms. The summed E-state index contributed by atoms with van der Waals surface area (Å²) in [5.41, 5.74) is 0.160. The highest BCUT2D eigenvalue weighted by Gasteiger charge is 2.22. The van der Waals surface area contributed by atoms with E-state index in [4.69, 9.17) is 9.84 Å². The summed E-state index contributed by atoms with van der Waals surface area (Å²) >= 11 is 0. The van der Waals surface area contributed by atoms with Crippen LogP contribution in [0.5, 0.6) is 0 Å². The molecular weight excluding hydrogens is 196 g/mol. The molecule has 1 rings (SSSR count). The van der Waals surface area contributed by atoms with Gasteiger partial charge in [0.2, 0.25) is 0 Å². The Hall–Kier alpha value is -1.58. The van der Waals surface area contributed by atoms with Crippen molar-refractivity contribution in [3.05, 3.63) is 23.8 Å². The molecule has 0 amide bonds. The van der Waals surface area contributed by atoms with Gasteiger partial charge in [0.15, 0.2) is 0 Å². The van der Waals surface area contributed by atoms with Crippen molar-refractivity contribution in [2.45, 2.75) is 32.3 Å². The topological polar surface area (TPSA) is 63.6 Å². The summed E-state index contributed by atoms with van der Waals surface area (Å²) in [5.74, 6) is -1.59. The third-order valence-electron chi connectivity index (χ3n) is 2.32. The van der Waals surface area contributed by atoms with E-state index in [-0.39, 0.29) is 17.3 Å². The summed E-state index contributed by atoms with van der Waals surface area (Å²) in [6.07, 6.45) is 4.08. The third-order valence-corrected chi connectivity index (χ3v) is 2.32. The van der Waals surface area contributed by atoms with Crippen LogP contribution in [-0.2, 0) is 14.3 Å². The van der Waals surface area contributed by atoms with Crippen LogP contribution >= 0.6 is 0 Å². The largest absolute Gasteiger partial charge is 0.478 e. The zero-order chi connectivity index (χ0) is 11.4. The number of rotatable bonds is 4. The zero-order valence-corrected chi connectivity index (χ0v) is 8.66. The van der Waals surface area contributed by atoms with Gasteiger partial charge in [0.05, 0.1) is 5.57 Å². The van der Waals surface area contributed by atoms with Gasteiger partial charge < -0.3 is 9.84 Å². The summed E-state index contributed by atoms with van der Waals surface area (Å²) < 4.78 is 5.05. The second kappa shape index (κ2) is 4.77. The normalized spacial score (nSPS) is 16.7. The van der Waals surface area contributed by atoms with Gasteiger partial charge in [-0.3, -0.25) is 0 Å². The van der Waals surface area contributed by atoms with Gasteiger partial charge in [-0.05, 0) is 32.3 Å². The quantitative estimate of drug-likeness (QED) is 0.435. The third kappa shape index (κ3) is 3.23. The summed E-state index contributed by atoms with van der Waals surface area (Å²) in [6, 6.07) is 0. The first-order valence-electron chi connectivity index (χ1n) is 4.82. The van der Waals surface area contributed by atoms with Crippen molar-refractivity contribution in [3.8, 4) is 0 Å². The Morgan fingerprint density at radius 3 is 2.47 bits per heavy atom. The van der Waals surface area contributed by atoms with E-state index in [0.717, 1.165) is 19.3 Å². The van der Waals surface area contributed by atoms with Crippen molar-refractivity contribution in [2.75, 3.05) is 0 Å². The molecule has 0 heterocycles. The van der Waals surface area contributed by atoms with Crippen molar-refractivity contribution in [3.63, 3.8) is 0 Å². The average molecular weight is 210 g/mol. The summed E-state index contributed by atoms with van der Waals surface area (Å²) in [4.78, 5) is 21.8. The average Bonchev–Trinajstić information content (AvgIpc) is 2.10. The van der Waals surface area contributed by atoms with Crippen LogP contribution in [0.25, 0.3) is 0 Å². The summed E-state index contributed by atoms with van der Waals surface area (Å²) in [7, 11) is 0. The monoisotopic (exact) mass is 210 g/mol. The fourth-order valence-electron chi connectivity index (χ4n) is 1.10.